The van der Waals surface area contributed by atoms with Crippen molar-refractivity contribution >= 4 is 23.5 Å². The van der Waals surface area contributed by atoms with Gasteiger partial charge in [-0.15, -0.1) is 0 Å². The van der Waals surface area contributed by atoms with Gasteiger partial charge in [-0.1, -0.05) is 42.5 Å². The number of benzene rings is 2. The molecule has 6 nitrogen and oxygen atoms in total. The summed E-state index contributed by atoms with van der Waals surface area (Å²) < 4.78 is 10.2. The largest absolute Gasteiger partial charge is 0.460 e. The van der Waals surface area contributed by atoms with E-state index in [4.69, 9.17) is 9.47 Å². The summed E-state index contributed by atoms with van der Waals surface area (Å²) in [6.45, 7) is 2.71. The first-order valence-corrected chi connectivity index (χ1v) is 9.88. The van der Waals surface area contributed by atoms with Crippen molar-refractivity contribution in [3.05, 3.63) is 65.2 Å². The van der Waals surface area contributed by atoms with E-state index in [1.165, 1.54) is 0 Å². The molecule has 1 heterocycles. The van der Waals surface area contributed by atoms with Crippen molar-refractivity contribution in [1.29, 1.82) is 0 Å². The number of fused-ring (bicyclic) bond motifs is 1. The Labute approximate surface area is 170 Å². The number of aryl methyl sites for hydroxylation is 2. The third-order valence-corrected chi connectivity index (χ3v) is 4.83. The van der Waals surface area contributed by atoms with Crippen LogP contribution in [0.5, 0.6) is 0 Å². The number of ether oxygens (including phenoxy) is 2. The molecule has 6 heteroatoms. The molecule has 0 unspecified atom stereocenters. The van der Waals surface area contributed by atoms with E-state index < -0.39 is 11.8 Å². The van der Waals surface area contributed by atoms with Crippen LogP contribution in [-0.2, 0) is 38.5 Å². The fourth-order valence-electron chi connectivity index (χ4n) is 3.36. The van der Waals surface area contributed by atoms with Crippen molar-refractivity contribution in [3.8, 4) is 0 Å². The molecule has 0 aromatic heterocycles. The number of esters is 1. The van der Waals surface area contributed by atoms with Gasteiger partial charge in [-0.2, -0.15) is 0 Å². The molecule has 0 saturated carbocycles. The molecule has 2 aromatic rings. The minimum atomic E-state index is -0.780. The zero-order chi connectivity index (χ0) is 20.6. The lowest BCUT2D eigenvalue weighted by Crippen LogP contribution is -2.35. The maximum Gasteiger partial charge on any atom is 0.414 e. The topological polar surface area (TPSA) is 72.9 Å². The summed E-state index contributed by atoms with van der Waals surface area (Å²) >= 11 is 0. The Balaban J connectivity index is 1.62. The number of carbonyl (C=O) groups is 3. The SMILES string of the molecule is CCOC(=O)C(=O)CCc1ccc2c(c1)CCCN2C(=O)OCc1ccccc1. The first-order valence-electron chi connectivity index (χ1n) is 9.88. The van der Waals surface area contributed by atoms with Crippen LogP contribution in [0.15, 0.2) is 48.5 Å². The number of anilines is 1. The van der Waals surface area contributed by atoms with Crippen LogP contribution in [-0.4, -0.2) is 31.0 Å². The van der Waals surface area contributed by atoms with Gasteiger partial charge in [0.15, 0.2) is 0 Å². The molecule has 1 aliphatic heterocycles. The molecule has 1 amide bonds. The molecule has 0 bridgehead atoms. The van der Waals surface area contributed by atoms with Gasteiger partial charge < -0.3 is 9.47 Å². The number of Topliss-reactive ketones (excluding diaryl/α,β-unsaturated/α-hetero) is 1. The van der Waals surface area contributed by atoms with Crippen LogP contribution in [0, 0.1) is 0 Å². The van der Waals surface area contributed by atoms with Crippen LogP contribution in [0.2, 0.25) is 0 Å². The number of carbonyl (C=O) groups excluding carboxylic acids is 3. The smallest absolute Gasteiger partial charge is 0.414 e. The van der Waals surface area contributed by atoms with E-state index in [1.54, 1.807) is 11.8 Å². The van der Waals surface area contributed by atoms with Gasteiger partial charge in [-0.25, -0.2) is 9.59 Å². The van der Waals surface area contributed by atoms with Gasteiger partial charge in [0.25, 0.3) is 0 Å². The number of hydrogen-bond acceptors (Lipinski definition) is 5. The highest BCUT2D eigenvalue weighted by Crippen LogP contribution is 2.29. The number of ketones is 1. The average molecular weight is 395 g/mol. The van der Waals surface area contributed by atoms with Crippen LogP contribution in [0.25, 0.3) is 0 Å². The maximum absolute atomic E-state index is 12.6. The Morgan fingerprint density at radius 1 is 1.00 bits per heavy atom. The van der Waals surface area contributed by atoms with Gasteiger partial charge in [0.05, 0.1) is 12.3 Å². The van der Waals surface area contributed by atoms with E-state index >= 15 is 0 Å². The van der Waals surface area contributed by atoms with Gasteiger partial charge >= 0.3 is 12.1 Å². The van der Waals surface area contributed by atoms with E-state index in [-0.39, 0.29) is 25.7 Å². The van der Waals surface area contributed by atoms with Crippen molar-refractivity contribution in [3.63, 3.8) is 0 Å². The molecule has 0 atom stereocenters. The maximum atomic E-state index is 12.6. The fourth-order valence-corrected chi connectivity index (χ4v) is 3.36. The molecule has 29 heavy (non-hydrogen) atoms. The molecular weight excluding hydrogens is 370 g/mol. The molecule has 3 rings (SSSR count). The van der Waals surface area contributed by atoms with Crippen molar-refractivity contribution in [2.45, 2.75) is 39.2 Å². The molecule has 0 N–H and O–H groups in total. The standard InChI is InChI=1S/C23H25NO5/c1-2-28-22(26)21(25)13-11-17-10-12-20-19(15-17)9-6-14-24(20)23(27)29-16-18-7-4-3-5-8-18/h3-5,7-8,10,12,15H,2,6,9,11,13-14,16H2,1H3. The zero-order valence-corrected chi connectivity index (χ0v) is 16.6. The number of nitrogens with zero attached hydrogens (tertiary/aromatic N) is 1. The van der Waals surface area contributed by atoms with Crippen LogP contribution < -0.4 is 4.90 Å². The van der Waals surface area contributed by atoms with Gasteiger partial charge in [0, 0.05) is 13.0 Å². The summed E-state index contributed by atoms with van der Waals surface area (Å²) in [5, 5.41) is 0. The predicted molar refractivity (Wildman–Crippen MR) is 109 cm³/mol. The van der Waals surface area contributed by atoms with Crippen LogP contribution in [0.3, 0.4) is 0 Å². The normalized spacial score (nSPS) is 12.8. The highest BCUT2D eigenvalue weighted by Gasteiger charge is 2.24. The van der Waals surface area contributed by atoms with Gasteiger partial charge in [0.2, 0.25) is 5.78 Å². The van der Waals surface area contributed by atoms with Crippen molar-refractivity contribution in [2.75, 3.05) is 18.1 Å². The van der Waals surface area contributed by atoms with E-state index in [0.717, 1.165) is 35.2 Å². The van der Waals surface area contributed by atoms with Crippen molar-refractivity contribution in [1.82, 2.24) is 0 Å². The minimum absolute atomic E-state index is 0.112. The first kappa shape index (κ1) is 20.6. The second-order valence-corrected chi connectivity index (χ2v) is 6.90. The second kappa shape index (κ2) is 9.87. The summed E-state index contributed by atoms with van der Waals surface area (Å²) in [5.74, 6) is -1.30. The highest BCUT2D eigenvalue weighted by atomic mass is 16.6. The molecular formula is C23H25NO5. The minimum Gasteiger partial charge on any atom is -0.460 e. The fraction of sp³-hybridized carbons (Fsp3) is 0.348. The lowest BCUT2D eigenvalue weighted by atomic mass is 9.97. The molecule has 0 fully saturated rings. The lowest BCUT2D eigenvalue weighted by Gasteiger charge is -2.29. The summed E-state index contributed by atoms with van der Waals surface area (Å²) in [4.78, 5) is 37.5. The Bertz CT molecular complexity index is 878. The number of rotatable bonds is 7. The molecule has 0 spiro atoms. The third-order valence-electron chi connectivity index (χ3n) is 4.83. The zero-order valence-electron chi connectivity index (χ0n) is 16.6. The lowest BCUT2D eigenvalue weighted by molar-refractivity contribution is -0.153. The van der Waals surface area contributed by atoms with Gasteiger partial charge in [-0.3, -0.25) is 9.69 Å². The average Bonchev–Trinajstić information content (AvgIpc) is 2.76. The first-order chi connectivity index (χ1) is 14.1. The Morgan fingerprint density at radius 3 is 2.55 bits per heavy atom. The molecule has 1 aliphatic rings. The van der Waals surface area contributed by atoms with E-state index in [0.29, 0.717) is 13.0 Å². The van der Waals surface area contributed by atoms with Crippen molar-refractivity contribution < 1.29 is 23.9 Å². The third kappa shape index (κ3) is 5.44. The Morgan fingerprint density at radius 2 is 1.79 bits per heavy atom. The second-order valence-electron chi connectivity index (χ2n) is 6.90. The Hall–Kier alpha value is -3.15. The van der Waals surface area contributed by atoms with Crippen molar-refractivity contribution in [2.24, 2.45) is 0 Å². The van der Waals surface area contributed by atoms with E-state index in [2.05, 4.69) is 0 Å². The Kier molecular flexibility index (Phi) is 7.00. The molecule has 0 radical (unpaired) electrons. The summed E-state index contributed by atoms with van der Waals surface area (Å²) in [7, 11) is 0. The summed E-state index contributed by atoms with van der Waals surface area (Å²) in [6.07, 6.45) is 1.92. The highest BCUT2D eigenvalue weighted by molar-refractivity contribution is 6.33. The quantitative estimate of drug-likeness (QED) is 0.526. The van der Waals surface area contributed by atoms with Gasteiger partial charge in [-0.05, 0) is 48.9 Å². The molecule has 2 aromatic carbocycles. The predicted octanol–water partition coefficient (Wildman–Crippen LogP) is 3.84. The number of hydrogen-bond donors (Lipinski definition) is 0. The molecule has 152 valence electrons. The van der Waals surface area contributed by atoms with Crippen LogP contribution >= 0.6 is 0 Å². The monoisotopic (exact) mass is 395 g/mol. The molecule has 0 saturated heterocycles. The van der Waals surface area contributed by atoms with Crippen LogP contribution in [0.1, 0.15) is 36.5 Å². The summed E-state index contributed by atoms with van der Waals surface area (Å²) in [6, 6.07) is 15.4. The summed E-state index contributed by atoms with van der Waals surface area (Å²) in [5.41, 5.74) is 3.80. The van der Waals surface area contributed by atoms with E-state index in [9.17, 15) is 14.4 Å². The molecule has 0 aliphatic carbocycles. The number of amides is 1. The van der Waals surface area contributed by atoms with Crippen LogP contribution in [0.4, 0.5) is 10.5 Å². The van der Waals surface area contributed by atoms with Gasteiger partial charge in [0.1, 0.15) is 6.61 Å². The van der Waals surface area contributed by atoms with E-state index in [1.807, 2.05) is 48.5 Å².